The van der Waals surface area contributed by atoms with Crippen LogP contribution in [0, 0.1) is 0 Å². The van der Waals surface area contributed by atoms with Crippen molar-refractivity contribution in [2.24, 2.45) is 0 Å². The Morgan fingerprint density at radius 1 is 1.29 bits per heavy atom. The summed E-state index contributed by atoms with van der Waals surface area (Å²) in [5.41, 5.74) is 8.77. The van der Waals surface area contributed by atoms with Crippen LogP contribution in [-0.2, 0) is 5.75 Å². The van der Waals surface area contributed by atoms with Crippen LogP contribution in [0.25, 0.3) is 10.6 Å². The van der Waals surface area contributed by atoms with Crippen molar-refractivity contribution in [3.63, 3.8) is 0 Å². The first kappa shape index (κ1) is 14.4. The third-order valence-electron chi connectivity index (χ3n) is 2.88. The summed E-state index contributed by atoms with van der Waals surface area (Å²) < 4.78 is 5.36. The smallest absolute Gasteiger partial charge is 0.134 e. The van der Waals surface area contributed by atoms with Crippen molar-refractivity contribution >= 4 is 40.1 Å². The molecule has 0 amide bonds. The maximum Gasteiger partial charge on any atom is 0.134 e. The molecular weight excluding hydrogens is 320 g/mol. The number of methoxy groups -OCH3 is 1. The topological polar surface area (TPSA) is 48.1 Å². The molecule has 0 spiro atoms. The zero-order chi connectivity index (χ0) is 14.7. The quantitative estimate of drug-likeness (QED) is 0.540. The molecule has 0 unspecified atom stereocenters. The molecule has 0 atom stereocenters. The first-order valence-corrected chi connectivity index (χ1v) is 9.10. The summed E-state index contributed by atoms with van der Waals surface area (Å²) in [5.74, 6) is 1.63. The Hall–Kier alpha value is -1.50. The van der Waals surface area contributed by atoms with Gasteiger partial charge in [0.2, 0.25) is 0 Å². The zero-order valence-electron chi connectivity index (χ0n) is 11.4. The fourth-order valence-electron chi connectivity index (χ4n) is 1.85. The molecule has 0 aliphatic rings. The van der Waals surface area contributed by atoms with E-state index in [1.54, 1.807) is 41.5 Å². The van der Waals surface area contributed by atoms with E-state index in [1.807, 2.05) is 18.2 Å². The van der Waals surface area contributed by atoms with Crippen LogP contribution in [0.4, 0.5) is 5.69 Å². The average Bonchev–Trinajstić information content (AvgIpc) is 3.16. The van der Waals surface area contributed by atoms with Gasteiger partial charge in [-0.25, -0.2) is 4.98 Å². The fraction of sp³-hybridized carbons (Fsp3) is 0.133. The highest BCUT2D eigenvalue weighted by atomic mass is 32.2. The molecule has 0 fully saturated rings. The van der Waals surface area contributed by atoms with E-state index < -0.39 is 0 Å². The summed E-state index contributed by atoms with van der Waals surface area (Å²) in [6.45, 7) is 0. The first-order chi connectivity index (χ1) is 10.3. The lowest BCUT2D eigenvalue weighted by atomic mass is 10.3. The molecular formula is C15H14N2OS3. The van der Waals surface area contributed by atoms with E-state index in [1.165, 1.54) is 5.56 Å². The molecule has 108 valence electrons. The lowest BCUT2D eigenvalue weighted by Gasteiger charge is -2.07. The lowest BCUT2D eigenvalue weighted by Crippen LogP contribution is -1.91. The van der Waals surface area contributed by atoms with Crippen LogP contribution in [0.2, 0.25) is 0 Å². The Kier molecular flexibility index (Phi) is 4.48. The molecule has 3 rings (SSSR count). The minimum atomic E-state index is 0.713. The van der Waals surface area contributed by atoms with Gasteiger partial charge in [-0.15, -0.1) is 23.1 Å². The third kappa shape index (κ3) is 3.40. The van der Waals surface area contributed by atoms with Gasteiger partial charge in [0, 0.05) is 38.7 Å². The predicted molar refractivity (Wildman–Crippen MR) is 92.4 cm³/mol. The number of aromatic nitrogens is 1. The van der Waals surface area contributed by atoms with Gasteiger partial charge in [0.15, 0.2) is 0 Å². The number of benzene rings is 1. The Morgan fingerprint density at radius 2 is 2.19 bits per heavy atom. The van der Waals surface area contributed by atoms with Gasteiger partial charge in [-0.3, -0.25) is 0 Å². The normalized spacial score (nSPS) is 10.7. The van der Waals surface area contributed by atoms with Gasteiger partial charge in [0.1, 0.15) is 10.8 Å². The molecule has 3 aromatic rings. The van der Waals surface area contributed by atoms with Crippen LogP contribution in [0.15, 0.2) is 45.3 Å². The summed E-state index contributed by atoms with van der Waals surface area (Å²) in [6, 6.07) is 7.83. The molecule has 0 bridgehead atoms. The van der Waals surface area contributed by atoms with Crippen molar-refractivity contribution in [3.05, 3.63) is 46.1 Å². The van der Waals surface area contributed by atoms with Crippen LogP contribution in [0.3, 0.4) is 0 Å². The average molecular weight is 334 g/mol. The summed E-state index contributed by atoms with van der Waals surface area (Å²) >= 11 is 5.09. The maximum absolute atomic E-state index is 5.77. The minimum Gasteiger partial charge on any atom is -0.496 e. The SMILES string of the molecule is COc1cc(N)ccc1SCc1csc(-c2ccsc2)n1. The molecule has 6 heteroatoms. The molecule has 2 heterocycles. The van der Waals surface area contributed by atoms with Crippen LogP contribution in [-0.4, -0.2) is 12.1 Å². The van der Waals surface area contributed by atoms with E-state index in [-0.39, 0.29) is 0 Å². The highest BCUT2D eigenvalue weighted by Gasteiger charge is 2.08. The molecule has 2 aromatic heterocycles. The van der Waals surface area contributed by atoms with Gasteiger partial charge >= 0.3 is 0 Å². The number of ether oxygens (including phenoxy) is 1. The summed E-state index contributed by atoms with van der Waals surface area (Å²) in [4.78, 5) is 5.76. The minimum absolute atomic E-state index is 0.713. The van der Waals surface area contributed by atoms with Gasteiger partial charge < -0.3 is 10.5 Å². The Morgan fingerprint density at radius 3 is 2.95 bits per heavy atom. The summed E-state index contributed by atoms with van der Waals surface area (Å²) in [7, 11) is 1.66. The number of hydrogen-bond acceptors (Lipinski definition) is 6. The van der Waals surface area contributed by atoms with Crippen molar-refractivity contribution in [1.29, 1.82) is 0 Å². The van der Waals surface area contributed by atoms with Crippen molar-refractivity contribution in [2.75, 3.05) is 12.8 Å². The Balaban J connectivity index is 1.71. The van der Waals surface area contributed by atoms with Crippen LogP contribution in [0.1, 0.15) is 5.69 Å². The second kappa shape index (κ2) is 6.51. The largest absolute Gasteiger partial charge is 0.496 e. The number of hydrogen-bond donors (Lipinski definition) is 1. The standard InChI is InChI=1S/C15H14N2OS3/c1-18-13-6-11(16)2-3-14(13)20-8-12-9-21-15(17-12)10-4-5-19-7-10/h2-7,9H,8,16H2,1H3. The predicted octanol–water partition coefficient (Wildman–Crippen LogP) is 4.75. The van der Waals surface area contributed by atoms with Gasteiger partial charge in [-0.05, 0) is 23.6 Å². The van der Waals surface area contributed by atoms with E-state index in [9.17, 15) is 0 Å². The van der Waals surface area contributed by atoms with Crippen LogP contribution >= 0.6 is 34.4 Å². The number of thiazole rings is 1. The summed E-state index contributed by atoms with van der Waals surface area (Å²) in [6.07, 6.45) is 0. The van der Waals surface area contributed by atoms with Crippen molar-refractivity contribution in [1.82, 2.24) is 4.98 Å². The number of nitrogens with two attached hydrogens (primary N) is 1. The van der Waals surface area contributed by atoms with E-state index in [2.05, 4.69) is 27.2 Å². The van der Waals surface area contributed by atoms with Crippen molar-refractivity contribution in [3.8, 4) is 16.3 Å². The molecule has 21 heavy (non-hydrogen) atoms. The van der Waals surface area contributed by atoms with Crippen molar-refractivity contribution < 1.29 is 4.74 Å². The van der Waals surface area contributed by atoms with Crippen LogP contribution in [0.5, 0.6) is 5.75 Å². The number of anilines is 1. The highest BCUT2D eigenvalue weighted by Crippen LogP contribution is 2.34. The molecule has 0 saturated carbocycles. The summed E-state index contributed by atoms with van der Waals surface area (Å²) in [5, 5.41) is 7.39. The van der Waals surface area contributed by atoms with Gasteiger partial charge in [0.05, 0.1) is 12.8 Å². The molecule has 0 radical (unpaired) electrons. The molecule has 0 aliphatic heterocycles. The van der Waals surface area contributed by atoms with Crippen LogP contribution < -0.4 is 10.5 Å². The highest BCUT2D eigenvalue weighted by molar-refractivity contribution is 7.98. The lowest BCUT2D eigenvalue weighted by molar-refractivity contribution is 0.405. The second-order valence-electron chi connectivity index (χ2n) is 4.35. The molecule has 0 saturated heterocycles. The molecule has 3 nitrogen and oxygen atoms in total. The van der Waals surface area contributed by atoms with E-state index in [0.717, 1.165) is 27.1 Å². The monoisotopic (exact) mass is 334 g/mol. The number of nitrogens with zero attached hydrogens (tertiary/aromatic N) is 1. The van der Waals surface area contributed by atoms with E-state index in [0.29, 0.717) is 5.69 Å². The maximum atomic E-state index is 5.77. The Labute approximate surface area is 135 Å². The van der Waals surface area contributed by atoms with E-state index >= 15 is 0 Å². The van der Waals surface area contributed by atoms with Gasteiger partial charge in [-0.2, -0.15) is 11.3 Å². The molecule has 1 aromatic carbocycles. The molecule has 0 aliphatic carbocycles. The number of rotatable bonds is 5. The molecule has 2 N–H and O–H groups in total. The van der Waals surface area contributed by atoms with Crippen molar-refractivity contribution in [2.45, 2.75) is 10.6 Å². The van der Waals surface area contributed by atoms with E-state index in [4.69, 9.17) is 10.5 Å². The number of thiophene rings is 1. The van der Waals surface area contributed by atoms with Gasteiger partial charge in [0.25, 0.3) is 0 Å². The number of nitrogen functional groups attached to an aromatic ring is 1. The fourth-order valence-corrected chi connectivity index (χ4v) is 4.38. The first-order valence-electron chi connectivity index (χ1n) is 6.29. The third-order valence-corrected chi connectivity index (χ3v) is 5.59. The second-order valence-corrected chi connectivity index (χ2v) is 7.01. The zero-order valence-corrected chi connectivity index (χ0v) is 13.9. The van der Waals surface area contributed by atoms with Gasteiger partial charge in [-0.1, -0.05) is 0 Å². The Bertz CT molecular complexity index is 722. The number of thioether (sulfide) groups is 1.